The molecule has 11 heteroatoms. The largest absolute Gasteiger partial charge is 0.480 e. The van der Waals surface area contributed by atoms with E-state index < -0.39 is 34.5 Å². The van der Waals surface area contributed by atoms with E-state index in [0.29, 0.717) is 8.09 Å². The third-order valence-electron chi connectivity index (χ3n) is 2.61. The monoisotopic (exact) mass is 402 g/mol. The molecule has 1 aromatic heterocycles. The van der Waals surface area contributed by atoms with Crippen molar-refractivity contribution in [3.63, 3.8) is 0 Å². The first-order valence-electron chi connectivity index (χ1n) is 5.19. The maximum absolute atomic E-state index is 12.4. The molecule has 0 aromatic carbocycles. The number of thiophene rings is 1. The molecule has 0 aliphatic carbocycles. The molecule has 1 fully saturated rings. The van der Waals surface area contributed by atoms with Gasteiger partial charge < -0.3 is 10.4 Å². The summed E-state index contributed by atoms with van der Waals surface area (Å²) in [5, 5.41) is 11.6. The van der Waals surface area contributed by atoms with Crippen LogP contribution in [0.1, 0.15) is 0 Å². The van der Waals surface area contributed by atoms with Crippen LogP contribution in [0.5, 0.6) is 0 Å². The number of nitrogens with one attached hydrogen (secondary N) is 1. The van der Waals surface area contributed by atoms with Crippen LogP contribution in [-0.2, 0) is 19.6 Å². The van der Waals surface area contributed by atoms with Gasteiger partial charge in [0.25, 0.3) is 10.0 Å². The Hall–Kier alpha value is -0.680. The fourth-order valence-corrected chi connectivity index (χ4v) is 5.72. The van der Waals surface area contributed by atoms with Crippen molar-refractivity contribution >= 4 is 60.8 Å². The SMILES string of the molecule is O=C1CN(S(=O)(=O)c2cc(Cl)c(Br)s2)C(C(=O)O)CN1. The minimum atomic E-state index is -4.10. The van der Waals surface area contributed by atoms with Crippen LogP contribution in [0, 0.1) is 0 Å². The number of hydrogen-bond donors (Lipinski definition) is 2. The Morgan fingerprint density at radius 1 is 1.60 bits per heavy atom. The molecule has 20 heavy (non-hydrogen) atoms. The van der Waals surface area contributed by atoms with Gasteiger partial charge in [-0.05, 0) is 22.0 Å². The lowest BCUT2D eigenvalue weighted by Gasteiger charge is -2.31. The molecule has 110 valence electrons. The topological polar surface area (TPSA) is 104 Å². The number of carboxylic acid groups (broad SMARTS) is 1. The van der Waals surface area contributed by atoms with Crippen molar-refractivity contribution in [1.82, 2.24) is 9.62 Å². The van der Waals surface area contributed by atoms with Gasteiger partial charge in [0.2, 0.25) is 5.91 Å². The normalized spacial score (nSPS) is 20.7. The lowest BCUT2D eigenvalue weighted by Crippen LogP contribution is -2.59. The number of piperazine rings is 1. The second-order valence-corrected chi connectivity index (χ2v) is 8.79. The number of rotatable bonds is 3. The Labute approximate surface area is 131 Å². The molecule has 1 aromatic rings. The van der Waals surface area contributed by atoms with Gasteiger partial charge in [-0.3, -0.25) is 9.59 Å². The van der Waals surface area contributed by atoms with Crippen LogP contribution in [0.4, 0.5) is 0 Å². The van der Waals surface area contributed by atoms with Gasteiger partial charge in [-0.1, -0.05) is 11.6 Å². The minimum absolute atomic E-state index is 0.115. The number of hydrogen-bond acceptors (Lipinski definition) is 5. The molecule has 1 amide bonds. The molecule has 0 bridgehead atoms. The Kier molecular flexibility index (Phi) is 4.40. The van der Waals surface area contributed by atoms with Gasteiger partial charge in [0.1, 0.15) is 10.3 Å². The summed E-state index contributed by atoms with van der Waals surface area (Å²) in [6.45, 7) is -0.805. The first-order chi connectivity index (χ1) is 9.23. The summed E-state index contributed by atoms with van der Waals surface area (Å²) in [6.07, 6.45) is 0. The zero-order valence-corrected chi connectivity index (χ0v) is 13.6. The average molecular weight is 404 g/mol. The summed E-state index contributed by atoms with van der Waals surface area (Å²) in [6, 6.07) is -0.116. The van der Waals surface area contributed by atoms with Crippen molar-refractivity contribution in [2.75, 3.05) is 13.1 Å². The molecule has 1 aliphatic heterocycles. The third-order valence-corrected chi connectivity index (χ3v) is 7.39. The number of sulfonamides is 1. The van der Waals surface area contributed by atoms with Crippen molar-refractivity contribution in [3.05, 3.63) is 14.9 Å². The predicted molar refractivity (Wildman–Crippen MR) is 75.4 cm³/mol. The fraction of sp³-hybridized carbons (Fsp3) is 0.333. The maximum Gasteiger partial charge on any atom is 0.323 e. The van der Waals surface area contributed by atoms with E-state index in [2.05, 4.69) is 21.2 Å². The summed E-state index contributed by atoms with van der Waals surface area (Å²) in [7, 11) is -4.10. The molecule has 0 saturated carbocycles. The standard InChI is InChI=1S/C9H8BrClN2O5S2/c10-8-4(11)1-7(19-8)20(17,18)13-3-6(14)12-2-5(13)9(15)16/h1,5H,2-3H2,(H,12,14)(H,15,16). The number of nitrogens with zero attached hydrogens (tertiary/aromatic N) is 1. The van der Waals surface area contributed by atoms with Crippen LogP contribution in [-0.4, -0.2) is 48.8 Å². The van der Waals surface area contributed by atoms with E-state index in [9.17, 15) is 18.0 Å². The van der Waals surface area contributed by atoms with E-state index in [1.807, 2.05) is 0 Å². The lowest BCUT2D eigenvalue weighted by atomic mass is 10.2. The fourth-order valence-electron chi connectivity index (χ4n) is 1.65. The average Bonchev–Trinajstić information content (AvgIpc) is 2.70. The third kappa shape index (κ3) is 2.84. The van der Waals surface area contributed by atoms with E-state index in [1.165, 1.54) is 6.07 Å². The second kappa shape index (κ2) is 5.60. The highest BCUT2D eigenvalue weighted by molar-refractivity contribution is 9.11. The van der Waals surface area contributed by atoms with Gasteiger partial charge in [-0.15, -0.1) is 11.3 Å². The van der Waals surface area contributed by atoms with Crippen LogP contribution in [0.25, 0.3) is 0 Å². The van der Waals surface area contributed by atoms with Crippen molar-refractivity contribution in [2.45, 2.75) is 10.3 Å². The van der Waals surface area contributed by atoms with E-state index in [-0.39, 0.29) is 15.8 Å². The first-order valence-corrected chi connectivity index (χ1v) is 8.62. The smallest absolute Gasteiger partial charge is 0.323 e. The summed E-state index contributed by atoms with van der Waals surface area (Å²) in [5.41, 5.74) is 0. The van der Waals surface area contributed by atoms with E-state index in [4.69, 9.17) is 16.7 Å². The van der Waals surface area contributed by atoms with Gasteiger partial charge in [0.05, 0.1) is 15.4 Å². The van der Waals surface area contributed by atoms with Gasteiger partial charge in [-0.25, -0.2) is 8.42 Å². The highest BCUT2D eigenvalue weighted by Gasteiger charge is 2.41. The number of amides is 1. The summed E-state index contributed by atoms with van der Waals surface area (Å²) >= 11 is 9.74. The van der Waals surface area contributed by atoms with Crippen molar-refractivity contribution in [3.8, 4) is 0 Å². The molecular formula is C9H8BrClN2O5S2. The molecule has 2 heterocycles. The quantitative estimate of drug-likeness (QED) is 0.774. The molecule has 2 rings (SSSR count). The first kappa shape index (κ1) is 15.7. The number of carbonyl (C=O) groups excluding carboxylic acids is 1. The predicted octanol–water partition coefficient (Wildman–Crippen LogP) is 0.738. The molecule has 0 spiro atoms. The molecule has 1 unspecified atom stereocenters. The van der Waals surface area contributed by atoms with E-state index in [0.717, 1.165) is 11.3 Å². The Bertz CT molecular complexity index is 654. The van der Waals surface area contributed by atoms with Gasteiger partial charge >= 0.3 is 5.97 Å². The second-order valence-electron chi connectivity index (χ2n) is 3.90. The van der Waals surface area contributed by atoms with E-state index in [1.54, 1.807) is 0 Å². The summed E-state index contributed by atoms with van der Waals surface area (Å²) in [4.78, 5) is 22.5. The molecule has 1 aliphatic rings. The number of aliphatic carboxylic acids is 1. The zero-order chi connectivity index (χ0) is 15.1. The van der Waals surface area contributed by atoms with Gasteiger partial charge in [-0.2, -0.15) is 4.31 Å². The lowest BCUT2D eigenvalue weighted by molar-refractivity contribution is -0.143. The van der Waals surface area contributed by atoms with Gasteiger partial charge in [0.15, 0.2) is 0 Å². The van der Waals surface area contributed by atoms with E-state index >= 15 is 0 Å². The highest BCUT2D eigenvalue weighted by atomic mass is 79.9. The van der Waals surface area contributed by atoms with Crippen LogP contribution in [0.3, 0.4) is 0 Å². The van der Waals surface area contributed by atoms with Crippen molar-refractivity contribution in [1.29, 1.82) is 0 Å². The zero-order valence-electron chi connectivity index (χ0n) is 9.67. The highest BCUT2D eigenvalue weighted by Crippen LogP contribution is 2.36. The Morgan fingerprint density at radius 2 is 2.25 bits per heavy atom. The molecule has 7 nitrogen and oxygen atoms in total. The summed E-state index contributed by atoms with van der Waals surface area (Å²) in [5.74, 6) is -1.87. The molecule has 1 atom stereocenters. The summed E-state index contributed by atoms with van der Waals surface area (Å²) < 4.78 is 25.8. The van der Waals surface area contributed by atoms with Crippen LogP contribution < -0.4 is 5.32 Å². The maximum atomic E-state index is 12.4. The Balaban J connectivity index is 2.44. The molecule has 1 saturated heterocycles. The number of carbonyl (C=O) groups is 2. The number of halogens is 2. The molecule has 2 N–H and O–H groups in total. The molecular weight excluding hydrogens is 396 g/mol. The molecule has 0 radical (unpaired) electrons. The van der Waals surface area contributed by atoms with Gasteiger partial charge in [0, 0.05) is 6.54 Å². The van der Waals surface area contributed by atoms with Crippen LogP contribution in [0.2, 0.25) is 5.02 Å². The van der Waals surface area contributed by atoms with Crippen molar-refractivity contribution in [2.24, 2.45) is 0 Å². The Morgan fingerprint density at radius 3 is 2.75 bits per heavy atom. The van der Waals surface area contributed by atoms with Crippen LogP contribution >= 0.6 is 38.9 Å². The minimum Gasteiger partial charge on any atom is -0.480 e. The van der Waals surface area contributed by atoms with Crippen LogP contribution in [0.15, 0.2) is 14.1 Å². The van der Waals surface area contributed by atoms with Crippen molar-refractivity contribution < 1.29 is 23.1 Å². The number of carboxylic acids is 1.